The Bertz CT molecular complexity index is 566. The maximum Gasteiger partial charge on any atom is 0.161 e. The van der Waals surface area contributed by atoms with Gasteiger partial charge in [0.15, 0.2) is 5.15 Å². The number of benzene rings is 1. The van der Waals surface area contributed by atoms with Gasteiger partial charge in [-0.3, -0.25) is 0 Å². The molecule has 16 heavy (non-hydrogen) atoms. The third-order valence-corrected chi connectivity index (χ3v) is 3.82. The molecule has 1 aromatic heterocycles. The van der Waals surface area contributed by atoms with Crippen LogP contribution in [0.3, 0.4) is 0 Å². The third-order valence-electron chi connectivity index (χ3n) is 1.95. The van der Waals surface area contributed by atoms with Crippen molar-refractivity contribution in [1.82, 2.24) is 4.37 Å². The highest BCUT2D eigenvalue weighted by Crippen LogP contribution is 2.40. The SMILES string of the molecule is N#Cc1c(Cl)nsc1-c1c(Cl)cccc1Cl. The van der Waals surface area contributed by atoms with Crippen molar-refractivity contribution >= 4 is 46.3 Å². The maximum absolute atomic E-state index is 8.98. The summed E-state index contributed by atoms with van der Waals surface area (Å²) >= 11 is 19.0. The van der Waals surface area contributed by atoms with E-state index in [1.54, 1.807) is 18.2 Å². The average molecular weight is 290 g/mol. The normalized spacial score (nSPS) is 10.1. The Morgan fingerprint density at radius 3 is 2.38 bits per heavy atom. The van der Waals surface area contributed by atoms with Crippen LogP contribution in [0.5, 0.6) is 0 Å². The average Bonchev–Trinajstić information content (AvgIpc) is 2.59. The first-order chi connectivity index (χ1) is 7.65. The van der Waals surface area contributed by atoms with Crippen molar-refractivity contribution in [1.29, 1.82) is 5.26 Å². The zero-order valence-corrected chi connectivity index (χ0v) is 10.8. The van der Waals surface area contributed by atoms with Crippen molar-refractivity contribution in [3.05, 3.63) is 39.0 Å². The van der Waals surface area contributed by atoms with Gasteiger partial charge in [-0.15, -0.1) is 0 Å². The lowest BCUT2D eigenvalue weighted by Crippen LogP contribution is -1.81. The Labute approximate surface area is 111 Å². The lowest BCUT2D eigenvalue weighted by Gasteiger charge is -2.03. The molecule has 0 aliphatic carbocycles. The van der Waals surface area contributed by atoms with Gasteiger partial charge in [0.1, 0.15) is 11.6 Å². The van der Waals surface area contributed by atoms with E-state index in [9.17, 15) is 0 Å². The molecule has 0 N–H and O–H groups in total. The van der Waals surface area contributed by atoms with E-state index in [-0.39, 0.29) is 5.15 Å². The molecule has 0 aliphatic rings. The molecule has 6 heteroatoms. The largest absolute Gasteiger partial charge is 0.192 e. The summed E-state index contributed by atoms with van der Waals surface area (Å²) in [5.74, 6) is 0. The number of nitrogens with zero attached hydrogens (tertiary/aromatic N) is 2. The molecule has 0 saturated heterocycles. The number of hydrogen-bond acceptors (Lipinski definition) is 3. The zero-order valence-electron chi connectivity index (χ0n) is 7.67. The second kappa shape index (κ2) is 4.60. The maximum atomic E-state index is 8.98. The van der Waals surface area contributed by atoms with E-state index in [1.807, 2.05) is 6.07 Å². The molecule has 2 rings (SSSR count). The smallest absolute Gasteiger partial charge is 0.161 e. The van der Waals surface area contributed by atoms with Gasteiger partial charge >= 0.3 is 0 Å². The van der Waals surface area contributed by atoms with Gasteiger partial charge in [0.25, 0.3) is 0 Å². The molecular weight excluding hydrogens is 287 g/mol. The van der Waals surface area contributed by atoms with Crippen molar-refractivity contribution < 1.29 is 0 Å². The van der Waals surface area contributed by atoms with E-state index < -0.39 is 0 Å². The fourth-order valence-corrected chi connectivity index (χ4v) is 3.06. The number of hydrogen-bond donors (Lipinski definition) is 0. The molecule has 0 atom stereocenters. The minimum absolute atomic E-state index is 0.179. The molecule has 1 heterocycles. The van der Waals surface area contributed by atoms with Crippen molar-refractivity contribution in [2.75, 3.05) is 0 Å². The molecule has 0 amide bonds. The van der Waals surface area contributed by atoms with Gasteiger partial charge in [-0.1, -0.05) is 40.9 Å². The van der Waals surface area contributed by atoms with Crippen LogP contribution >= 0.6 is 46.3 Å². The Morgan fingerprint density at radius 1 is 1.19 bits per heavy atom. The van der Waals surface area contributed by atoms with Crippen LogP contribution < -0.4 is 0 Å². The fraction of sp³-hybridized carbons (Fsp3) is 0. The highest BCUT2D eigenvalue weighted by molar-refractivity contribution is 7.10. The van der Waals surface area contributed by atoms with Crippen LogP contribution in [0.2, 0.25) is 15.2 Å². The summed E-state index contributed by atoms with van der Waals surface area (Å²) in [6.07, 6.45) is 0. The van der Waals surface area contributed by atoms with E-state index in [0.717, 1.165) is 11.5 Å². The van der Waals surface area contributed by atoms with E-state index in [1.165, 1.54) is 0 Å². The van der Waals surface area contributed by atoms with Crippen LogP contribution in [0, 0.1) is 11.3 Å². The first kappa shape index (κ1) is 11.7. The lowest BCUT2D eigenvalue weighted by molar-refractivity contribution is 1.47. The van der Waals surface area contributed by atoms with Gasteiger partial charge in [0, 0.05) is 5.56 Å². The molecule has 0 aliphatic heterocycles. The molecule has 1 aromatic carbocycles. The quantitative estimate of drug-likeness (QED) is 0.766. The van der Waals surface area contributed by atoms with E-state index >= 15 is 0 Å². The van der Waals surface area contributed by atoms with Gasteiger partial charge in [0.05, 0.1) is 14.9 Å². The minimum Gasteiger partial charge on any atom is -0.192 e. The van der Waals surface area contributed by atoms with Gasteiger partial charge < -0.3 is 0 Å². The molecule has 0 bridgehead atoms. The molecule has 0 fully saturated rings. The van der Waals surface area contributed by atoms with Gasteiger partial charge in [-0.05, 0) is 23.7 Å². The summed E-state index contributed by atoms with van der Waals surface area (Å²) in [6, 6.07) is 7.15. The monoisotopic (exact) mass is 288 g/mol. The molecule has 0 saturated carbocycles. The molecular formula is C10H3Cl3N2S. The number of nitriles is 1. The summed E-state index contributed by atoms with van der Waals surface area (Å²) in [6.45, 7) is 0. The molecule has 2 nitrogen and oxygen atoms in total. The first-order valence-corrected chi connectivity index (χ1v) is 6.05. The van der Waals surface area contributed by atoms with Crippen LogP contribution in [0.15, 0.2) is 18.2 Å². The number of halogens is 3. The van der Waals surface area contributed by atoms with E-state index in [2.05, 4.69) is 4.37 Å². The second-order valence-electron chi connectivity index (χ2n) is 2.89. The van der Waals surface area contributed by atoms with E-state index in [0.29, 0.717) is 26.0 Å². The predicted molar refractivity (Wildman–Crippen MR) is 67.3 cm³/mol. The molecule has 0 radical (unpaired) electrons. The van der Waals surface area contributed by atoms with Crippen LogP contribution in [-0.2, 0) is 0 Å². The van der Waals surface area contributed by atoms with Crippen molar-refractivity contribution in [3.8, 4) is 16.5 Å². The second-order valence-corrected chi connectivity index (χ2v) is 4.83. The molecule has 0 unspecified atom stereocenters. The van der Waals surface area contributed by atoms with Crippen molar-refractivity contribution in [3.63, 3.8) is 0 Å². The predicted octanol–water partition coefficient (Wildman–Crippen LogP) is 4.64. The van der Waals surface area contributed by atoms with Crippen LogP contribution in [0.25, 0.3) is 10.4 Å². The molecule has 80 valence electrons. The number of aromatic nitrogens is 1. The van der Waals surface area contributed by atoms with Crippen molar-refractivity contribution in [2.24, 2.45) is 0 Å². The summed E-state index contributed by atoms with van der Waals surface area (Å²) in [7, 11) is 0. The van der Waals surface area contributed by atoms with Crippen LogP contribution in [0.4, 0.5) is 0 Å². The van der Waals surface area contributed by atoms with Crippen LogP contribution in [-0.4, -0.2) is 4.37 Å². The third kappa shape index (κ3) is 1.90. The Balaban J connectivity index is 2.74. The topological polar surface area (TPSA) is 36.7 Å². The molecule has 2 aromatic rings. The Kier molecular flexibility index (Phi) is 3.36. The summed E-state index contributed by atoms with van der Waals surface area (Å²) in [4.78, 5) is 0.600. The van der Waals surface area contributed by atoms with E-state index in [4.69, 9.17) is 40.1 Å². The fourth-order valence-electron chi connectivity index (χ4n) is 1.25. The highest BCUT2D eigenvalue weighted by atomic mass is 35.5. The Hall–Kier alpha value is -0.790. The van der Waals surface area contributed by atoms with Gasteiger partial charge in [-0.25, -0.2) is 0 Å². The minimum atomic E-state index is 0.179. The van der Waals surface area contributed by atoms with Crippen molar-refractivity contribution in [2.45, 2.75) is 0 Å². The summed E-state index contributed by atoms with van der Waals surface area (Å²) in [5.41, 5.74) is 0.911. The zero-order chi connectivity index (χ0) is 11.7. The van der Waals surface area contributed by atoms with Crippen LogP contribution in [0.1, 0.15) is 5.56 Å². The summed E-state index contributed by atoms with van der Waals surface area (Å²) < 4.78 is 3.91. The number of rotatable bonds is 1. The highest BCUT2D eigenvalue weighted by Gasteiger charge is 2.18. The van der Waals surface area contributed by atoms with Gasteiger partial charge in [0.2, 0.25) is 0 Å². The Morgan fingerprint density at radius 2 is 1.81 bits per heavy atom. The summed E-state index contributed by atoms with van der Waals surface area (Å²) in [5, 5.41) is 10.1. The molecule has 0 spiro atoms. The standard InChI is InChI=1S/C10H3Cl3N2S/c11-6-2-1-3-7(12)8(6)9-5(4-14)10(13)15-16-9/h1-3H. The lowest BCUT2D eigenvalue weighted by atomic mass is 10.1. The van der Waals surface area contributed by atoms with Gasteiger partial charge in [-0.2, -0.15) is 9.64 Å². The first-order valence-electron chi connectivity index (χ1n) is 4.14.